The maximum Gasteiger partial charge on any atom is 0.261 e. The molecule has 0 heterocycles. The molecule has 0 aliphatic rings. The molecule has 0 unspecified atom stereocenters. The summed E-state index contributed by atoms with van der Waals surface area (Å²) in [5, 5.41) is 0. The van der Waals surface area contributed by atoms with Crippen LogP contribution in [-0.4, -0.2) is 32.8 Å². The van der Waals surface area contributed by atoms with Gasteiger partial charge in [0.25, 0.3) is 15.0 Å². The van der Waals surface area contributed by atoms with Crippen molar-refractivity contribution < 1.29 is 13.2 Å². The average molecular weight is 338 g/mol. The van der Waals surface area contributed by atoms with E-state index in [1.54, 1.807) is 18.0 Å². The number of hydrogen-bond donors (Lipinski definition) is 0. The number of hydrogen-bond acceptors (Lipinski definition) is 3. The second-order valence-electron chi connectivity index (χ2n) is 4.93. The standard InChI is InChI=1S/C16H16ClNO3S/c1-18(11-10-13-6-3-2-4-7-13)16(19)14-8-5-9-15(12-14)22(17,20)21/h2-9,12H,10-11H2,1H3. The van der Waals surface area contributed by atoms with Crippen LogP contribution in [0.5, 0.6) is 0 Å². The molecule has 0 bridgehead atoms. The summed E-state index contributed by atoms with van der Waals surface area (Å²) < 4.78 is 22.7. The van der Waals surface area contributed by atoms with Gasteiger partial charge in [-0.15, -0.1) is 0 Å². The van der Waals surface area contributed by atoms with Crippen molar-refractivity contribution in [2.75, 3.05) is 13.6 Å². The Labute approximate surface area is 134 Å². The van der Waals surface area contributed by atoms with E-state index in [1.165, 1.54) is 18.2 Å². The fraction of sp³-hybridized carbons (Fsp3) is 0.188. The van der Waals surface area contributed by atoms with E-state index in [2.05, 4.69) is 0 Å². The highest BCUT2D eigenvalue weighted by atomic mass is 35.7. The van der Waals surface area contributed by atoms with E-state index in [4.69, 9.17) is 10.7 Å². The van der Waals surface area contributed by atoms with E-state index in [1.807, 2.05) is 30.3 Å². The molecule has 0 atom stereocenters. The van der Waals surface area contributed by atoms with E-state index in [0.29, 0.717) is 12.1 Å². The largest absolute Gasteiger partial charge is 0.341 e. The van der Waals surface area contributed by atoms with E-state index >= 15 is 0 Å². The maximum absolute atomic E-state index is 12.3. The van der Waals surface area contributed by atoms with Crippen molar-refractivity contribution in [1.29, 1.82) is 0 Å². The van der Waals surface area contributed by atoms with Gasteiger partial charge in [-0.2, -0.15) is 0 Å². The lowest BCUT2D eigenvalue weighted by Gasteiger charge is -2.17. The Morgan fingerprint density at radius 2 is 1.77 bits per heavy atom. The van der Waals surface area contributed by atoms with Gasteiger partial charge in [0.1, 0.15) is 0 Å². The number of carbonyl (C=O) groups is 1. The zero-order valence-electron chi connectivity index (χ0n) is 12.1. The van der Waals surface area contributed by atoms with Crippen molar-refractivity contribution >= 4 is 25.6 Å². The normalized spacial score (nSPS) is 11.2. The smallest absolute Gasteiger partial charge is 0.261 e. The molecule has 0 aromatic heterocycles. The lowest BCUT2D eigenvalue weighted by atomic mass is 10.1. The molecule has 0 N–H and O–H groups in total. The van der Waals surface area contributed by atoms with Crippen LogP contribution in [0.3, 0.4) is 0 Å². The summed E-state index contributed by atoms with van der Waals surface area (Å²) in [7, 11) is 3.15. The molecular formula is C16H16ClNO3S. The molecule has 2 rings (SSSR count). The number of likely N-dealkylation sites (N-methyl/N-ethyl adjacent to an activating group) is 1. The zero-order chi connectivity index (χ0) is 16.2. The Hall–Kier alpha value is -1.85. The highest BCUT2D eigenvalue weighted by molar-refractivity contribution is 8.13. The summed E-state index contributed by atoms with van der Waals surface area (Å²) in [5.74, 6) is -0.238. The van der Waals surface area contributed by atoms with Crippen molar-refractivity contribution in [2.45, 2.75) is 11.3 Å². The summed E-state index contributed by atoms with van der Waals surface area (Å²) >= 11 is 0. The lowest BCUT2D eigenvalue weighted by molar-refractivity contribution is 0.0796. The number of nitrogens with zero attached hydrogens (tertiary/aromatic N) is 1. The van der Waals surface area contributed by atoms with Crippen LogP contribution in [0, 0.1) is 0 Å². The molecule has 0 radical (unpaired) electrons. The van der Waals surface area contributed by atoms with Crippen molar-refractivity contribution in [3.63, 3.8) is 0 Å². The summed E-state index contributed by atoms with van der Waals surface area (Å²) in [4.78, 5) is 13.8. The summed E-state index contributed by atoms with van der Waals surface area (Å²) in [6.07, 6.45) is 0.733. The van der Waals surface area contributed by atoms with E-state index in [-0.39, 0.29) is 10.8 Å². The molecule has 0 fully saturated rings. The van der Waals surface area contributed by atoms with Gasteiger partial charge in [0.05, 0.1) is 4.90 Å². The fourth-order valence-corrected chi connectivity index (χ4v) is 2.84. The molecule has 4 nitrogen and oxygen atoms in total. The Bertz CT molecular complexity index is 760. The summed E-state index contributed by atoms with van der Waals surface area (Å²) in [5.41, 5.74) is 1.44. The molecule has 22 heavy (non-hydrogen) atoms. The summed E-state index contributed by atoms with van der Waals surface area (Å²) in [6, 6.07) is 15.6. The minimum absolute atomic E-state index is 0.0727. The predicted molar refractivity (Wildman–Crippen MR) is 86.6 cm³/mol. The highest BCUT2D eigenvalue weighted by Gasteiger charge is 2.16. The molecule has 0 saturated heterocycles. The van der Waals surface area contributed by atoms with Crippen molar-refractivity contribution in [3.8, 4) is 0 Å². The Balaban J connectivity index is 2.08. The van der Waals surface area contributed by atoms with Crippen molar-refractivity contribution in [3.05, 3.63) is 65.7 Å². The van der Waals surface area contributed by atoms with Crippen LogP contribution in [0.15, 0.2) is 59.5 Å². The van der Waals surface area contributed by atoms with Crippen LogP contribution in [0.2, 0.25) is 0 Å². The molecular weight excluding hydrogens is 322 g/mol. The van der Waals surface area contributed by atoms with Crippen LogP contribution in [-0.2, 0) is 15.5 Å². The monoisotopic (exact) mass is 337 g/mol. The fourth-order valence-electron chi connectivity index (χ4n) is 2.04. The number of amides is 1. The number of benzene rings is 2. The first-order valence-corrected chi connectivity index (χ1v) is 9.03. The van der Waals surface area contributed by atoms with Gasteiger partial charge in [0.15, 0.2) is 0 Å². The van der Waals surface area contributed by atoms with Crippen LogP contribution in [0.25, 0.3) is 0 Å². The quantitative estimate of drug-likeness (QED) is 0.788. The molecule has 1 amide bonds. The molecule has 0 aliphatic carbocycles. The third-order valence-electron chi connectivity index (χ3n) is 3.29. The van der Waals surface area contributed by atoms with Gasteiger partial charge < -0.3 is 4.90 Å². The van der Waals surface area contributed by atoms with Gasteiger partial charge in [0.2, 0.25) is 0 Å². The Kier molecular flexibility index (Phi) is 5.21. The molecule has 116 valence electrons. The summed E-state index contributed by atoms with van der Waals surface area (Å²) in [6.45, 7) is 0.542. The molecule has 2 aromatic rings. The van der Waals surface area contributed by atoms with E-state index in [0.717, 1.165) is 12.0 Å². The third-order valence-corrected chi connectivity index (χ3v) is 4.64. The Morgan fingerprint density at radius 1 is 1.09 bits per heavy atom. The van der Waals surface area contributed by atoms with Gasteiger partial charge in [-0.25, -0.2) is 8.42 Å². The third kappa shape index (κ3) is 4.32. The molecule has 0 spiro atoms. The second kappa shape index (κ2) is 6.94. The lowest BCUT2D eigenvalue weighted by Crippen LogP contribution is -2.28. The molecule has 0 aliphatic heterocycles. The van der Waals surface area contributed by atoms with Crippen molar-refractivity contribution in [1.82, 2.24) is 4.90 Å². The van der Waals surface area contributed by atoms with Gasteiger partial charge >= 0.3 is 0 Å². The van der Waals surface area contributed by atoms with Gasteiger partial charge in [-0.3, -0.25) is 4.79 Å². The predicted octanol–water partition coefficient (Wildman–Crippen LogP) is 2.93. The van der Waals surface area contributed by atoms with Crippen LogP contribution in [0.1, 0.15) is 15.9 Å². The van der Waals surface area contributed by atoms with Gasteiger partial charge in [-0.05, 0) is 30.2 Å². The van der Waals surface area contributed by atoms with E-state index < -0.39 is 9.05 Å². The Morgan fingerprint density at radius 3 is 2.41 bits per heavy atom. The maximum atomic E-state index is 12.3. The topological polar surface area (TPSA) is 54.5 Å². The zero-order valence-corrected chi connectivity index (χ0v) is 13.6. The first-order valence-electron chi connectivity index (χ1n) is 6.72. The SMILES string of the molecule is CN(CCc1ccccc1)C(=O)c1cccc(S(=O)(=O)Cl)c1. The highest BCUT2D eigenvalue weighted by Crippen LogP contribution is 2.17. The first-order chi connectivity index (χ1) is 10.4. The van der Waals surface area contributed by atoms with Crippen LogP contribution < -0.4 is 0 Å². The van der Waals surface area contributed by atoms with Gasteiger partial charge in [0, 0.05) is 29.8 Å². The van der Waals surface area contributed by atoms with E-state index in [9.17, 15) is 13.2 Å². The molecule has 0 saturated carbocycles. The number of carbonyl (C=O) groups excluding carboxylic acids is 1. The average Bonchev–Trinajstić information content (AvgIpc) is 2.52. The number of rotatable bonds is 5. The number of halogens is 1. The van der Waals surface area contributed by atoms with Crippen molar-refractivity contribution in [2.24, 2.45) is 0 Å². The molecule has 2 aromatic carbocycles. The minimum Gasteiger partial charge on any atom is -0.341 e. The minimum atomic E-state index is -3.84. The van der Waals surface area contributed by atoms with Crippen LogP contribution in [0.4, 0.5) is 0 Å². The van der Waals surface area contributed by atoms with Crippen LogP contribution >= 0.6 is 10.7 Å². The second-order valence-corrected chi connectivity index (χ2v) is 7.49. The first kappa shape index (κ1) is 16.5. The molecule has 6 heteroatoms. The van der Waals surface area contributed by atoms with Gasteiger partial charge in [-0.1, -0.05) is 36.4 Å².